The molecular weight excluding hydrogens is 591 g/mol. The molecule has 5 atom stereocenters. The van der Waals surface area contributed by atoms with Crippen molar-refractivity contribution in [3.63, 3.8) is 0 Å². The number of alkyl halides is 3. The number of pyridine rings is 1. The molecule has 0 bridgehead atoms. The van der Waals surface area contributed by atoms with Crippen LogP contribution in [-0.2, 0) is 44.8 Å². The number of carbonyl (C=O) groups is 2. The molecule has 4 aliphatic rings. The first-order valence-corrected chi connectivity index (χ1v) is 15.2. The van der Waals surface area contributed by atoms with Gasteiger partial charge in [0.05, 0.1) is 35.3 Å². The number of halogens is 3. The van der Waals surface area contributed by atoms with Crippen molar-refractivity contribution >= 4 is 12.0 Å². The zero-order valence-electron chi connectivity index (χ0n) is 25.0. The van der Waals surface area contributed by atoms with Crippen LogP contribution in [0.15, 0.2) is 36.5 Å². The number of hydrogen-bond acceptors (Lipinski definition) is 8. The van der Waals surface area contributed by atoms with Gasteiger partial charge >= 0.3 is 12.3 Å². The maximum absolute atomic E-state index is 14.5. The predicted octanol–water partition coefficient (Wildman–Crippen LogP) is 3.67. The highest BCUT2D eigenvalue weighted by Crippen LogP contribution is 2.51. The van der Waals surface area contributed by atoms with E-state index in [0.717, 1.165) is 18.7 Å². The molecule has 0 radical (unpaired) electrons. The molecule has 2 unspecified atom stereocenters. The van der Waals surface area contributed by atoms with Crippen molar-refractivity contribution in [1.29, 1.82) is 5.26 Å². The van der Waals surface area contributed by atoms with Gasteiger partial charge in [0.25, 0.3) is 0 Å². The summed E-state index contributed by atoms with van der Waals surface area (Å²) < 4.78 is 57.1. The van der Waals surface area contributed by atoms with Crippen LogP contribution in [0.1, 0.15) is 47.2 Å². The summed E-state index contributed by atoms with van der Waals surface area (Å²) in [4.78, 5) is 35.0. The highest BCUT2D eigenvalue weighted by molar-refractivity contribution is 5.86. The maximum atomic E-state index is 14.5. The van der Waals surface area contributed by atoms with Crippen LogP contribution < -0.4 is 5.32 Å². The Balaban J connectivity index is 1.21. The van der Waals surface area contributed by atoms with Gasteiger partial charge < -0.3 is 29.3 Å². The van der Waals surface area contributed by atoms with Crippen molar-refractivity contribution in [1.82, 2.24) is 20.1 Å². The first-order chi connectivity index (χ1) is 21.6. The van der Waals surface area contributed by atoms with Gasteiger partial charge in [-0.3, -0.25) is 9.78 Å². The highest BCUT2D eigenvalue weighted by atomic mass is 19.4. The van der Waals surface area contributed by atoms with E-state index < -0.39 is 23.2 Å². The molecule has 1 saturated carbocycles. The van der Waals surface area contributed by atoms with E-state index in [4.69, 9.17) is 14.2 Å². The lowest BCUT2D eigenvalue weighted by Gasteiger charge is -2.37. The quantitative estimate of drug-likeness (QED) is 0.516. The molecule has 45 heavy (non-hydrogen) atoms. The number of nitrogens with one attached hydrogen (secondary N) is 1. The molecule has 6 rings (SSSR count). The summed E-state index contributed by atoms with van der Waals surface area (Å²) in [7, 11) is 1.65. The minimum Gasteiger partial charge on any atom is -0.445 e. The normalized spacial score (nSPS) is 27.9. The Morgan fingerprint density at radius 3 is 2.89 bits per heavy atom. The third kappa shape index (κ3) is 6.36. The summed E-state index contributed by atoms with van der Waals surface area (Å²) in [5.74, 6) is -0.328. The van der Waals surface area contributed by atoms with Gasteiger partial charge in [-0.05, 0) is 54.5 Å². The van der Waals surface area contributed by atoms with Gasteiger partial charge in [0.15, 0.2) is 0 Å². The zero-order valence-corrected chi connectivity index (χ0v) is 25.0. The number of benzene rings is 1. The molecule has 3 aliphatic heterocycles. The number of ether oxygens (including phenoxy) is 3. The average molecular weight is 628 g/mol. The van der Waals surface area contributed by atoms with Crippen LogP contribution in [0.3, 0.4) is 0 Å². The number of nitriles is 1. The third-order valence-corrected chi connectivity index (χ3v) is 9.69. The molecule has 1 aromatic heterocycles. The van der Waals surface area contributed by atoms with E-state index in [1.54, 1.807) is 41.2 Å². The van der Waals surface area contributed by atoms with Crippen molar-refractivity contribution in [2.45, 2.75) is 63.2 Å². The number of rotatable bonds is 6. The molecule has 1 aromatic carbocycles. The van der Waals surface area contributed by atoms with Crippen LogP contribution in [0.4, 0.5) is 18.0 Å². The summed E-state index contributed by atoms with van der Waals surface area (Å²) in [5, 5.41) is 12.9. The number of nitrogens with zero attached hydrogens (tertiary/aromatic N) is 4. The molecular formula is C32H36F3N5O5. The summed E-state index contributed by atoms with van der Waals surface area (Å²) in [6.45, 7) is 1.91. The topological polar surface area (TPSA) is 117 Å². The van der Waals surface area contributed by atoms with Crippen molar-refractivity contribution in [3.05, 3.63) is 64.5 Å². The molecule has 1 N–H and O–H groups in total. The van der Waals surface area contributed by atoms with Gasteiger partial charge in [0.1, 0.15) is 6.61 Å². The minimum absolute atomic E-state index is 0.0119. The van der Waals surface area contributed by atoms with Crippen LogP contribution in [-0.4, -0.2) is 84.9 Å². The van der Waals surface area contributed by atoms with Gasteiger partial charge in [0.2, 0.25) is 5.91 Å². The monoisotopic (exact) mass is 627 g/mol. The molecule has 240 valence electrons. The number of fused-ring (bicyclic) bond motifs is 2. The standard InChI is InChI=1S/C32H36F3N5O5/c1-43-28-18-44-8-6-27(28)38-25-11-24-16-40(30(42)45-17-21-4-2-3-20(9-21)13-36)19-31(24,12-25)29(41)39-7-5-26-22(15-39)10-23(14-37-26)32(33,34)35/h2-4,9-10,14,24-25,27-28,38H,5-8,11-12,15-19H2,1H3/t24-,25+,27?,28?,31-/m0/s1. The summed E-state index contributed by atoms with van der Waals surface area (Å²) in [6.07, 6.45) is -2.11. The second-order valence-corrected chi connectivity index (χ2v) is 12.5. The molecule has 3 fully saturated rings. The van der Waals surface area contributed by atoms with E-state index in [9.17, 15) is 28.0 Å². The SMILES string of the molecule is COC1COCCC1N[C@@H]1C[C@H]2CN(C(=O)OCc3cccc(C#N)c3)C[C@@]2(C(=O)N2CCc3ncc(C(F)(F)F)cc3C2)C1. The van der Waals surface area contributed by atoms with Gasteiger partial charge in [-0.2, -0.15) is 18.4 Å². The second-order valence-electron chi connectivity index (χ2n) is 12.5. The van der Waals surface area contributed by atoms with E-state index in [-0.39, 0.29) is 49.7 Å². The highest BCUT2D eigenvalue weighted by Gasteiger charge is 2.60. The minimum atomic E-state index is -4.53. The van der Waals surface area contributed by atoms with Crippen molar-refractivity contribution in [2.75, 3.05) is 40.0 Å². The first-order valence-electron chi connectivity index (χ1n) is 15.2. The van der Waals surface area contributed by atoms with Crippen LogP contribution >= 0.6 is 0 Å². The van der Waals surface area contributed by atoms with E-state index >= 15 is 0 Å². The van der Waals surface area contributed by atoms with E-state index in [0.29, 0.717) is 68.0 Å². The van der Waals surface area contributed by atoms with Crippen molar-refractivity contribution in [2.24, 2.45) is 11.3 Å². The maximum Gasteiger partial charge on any atom is 0.417 e. The van der Waals surface area contributed by atoms with Crippen LogP contribution in [0.5, 0.6) is 0 Å². The van der Waals surface area contributed by atoms with Gasteiger partial charge in [-0.15, -0.1) is 0 Å². The van der Waals surface area contributed by atoms with Crippen molar-refractivity contribution < 1.29 is 37.0 Å². The Kier molecular flexibility index (Phi) is 8.74. The number of likely N-dealkylation sites (tertiary alicyclic amines) is 1. The molecule has 2 amide bonds. The Morgan fingerprint density at radius 2 is 2.11 bits per heavy atom. The third-order valence-electron chi connectivity index (χ3n) is 9.69. The number of aromatic nitrogens is 1. The Hall–Kier alpha value is -3.73. The number of amides is 2. The molecule has 0 spiro atoms. The zero-order chi connectivity index (χ0) is 31.8. The summed E-state index contributed by atoms with van der Waals surface area (Å²) in [5.41, 5.74) is 0.343. The van der Waals surface area contributed by atoms with Gasteiger partial charge in [-0.1, -0.05) is 12.1 Å². The molecule has 13 heteroatoms. The molecule has 2 saturated heterocycles. The van der Waals surface area contributed by atoms with E-state index in [2.05, 4.69) is 16.4 Å². The smallest absolute Gasteiger partial charge is 0.417 e. The molecule has 1 aliphatic carbocycles. The van der Waals surface area contributed by atoms with Crippen LogP contribution in [0.2, 0.25) is 0 Å². The van der Waals surface area contributed by atoms with Crippen molar-refractivity contribution in [3.8, 4) is 6.07 Å². The summed E-state index contributed by atoms with van der Waals surface area (Å²) in [6, 6.07) is 10.0. The van der Waals surface area contributed by atoms with Gasteiger partial charge in [-0.25, -0.2) is 4.79 Å². The molecule has 4 heterocycles. The average Bonchev–Trinajstić information content (AvgIpc) is 3.57. The predicted molar refractivity (Wildman–Crippen MR) is 153 cm³/mol. The lowest BCUT2D eigenvalue weighted by Crippen LogP contribution is -2.52. The Bertz CT molecular complexity index is 1480. The lowest BCUT2D eigenvalue weighted by atomic mass is 9.78. The van der Waals surface area contributed by atoms with E-state index in [1.807, 2.05) is 0 Å². The summed E-state index contributed by atoms with van der Waals surface area (Å²) >= 11 is 0. The Labute approximate surface area is 259 Å². The molecule has 2 aromatic rings. The number of methoxy groups -OCH3 is 1. The molecule has 10 nitrogen and oxygen atoms in total. The van der Waals surface area contributed by atoms with E-state index in [1.165, 1.54) is 0 Å². The fourth-order valence-electron chi connectivity index (χ4n) is 7.44. The fourth-order valence-corrected chi connectivity index (χ4v) is 7.44. The fraction of sp³-hybridized carbons (Fsp3) is 0.562. The van der Waals surface area contributed by atoms with Crippen LogP contribution in [0, 0.1) is 22.7 Å². The largest absolute Gasteiger partial charge is 0.445 e. The van der Waals surface area contributed by atoms with Crippen LogP contribution in [0.25, 0.3) is 0 Å². The number of hydrogen-bond donors (Lipinski definition) is 1. The Morgan fingerprint density at radius 1 is 1.27 bits per heavy atom. The first kappa shape index (κ1) is 31.3. The lowest BCUT2D eigenvalue weighted by molar-refractivity contribution is -0.143. The second kappa shape index (κ2) is 12.6. The number of carbonyl (C=O) groups excluding carboxylic acids is 2. The van der Waals surface area contributed by atoms with Gasteiger partial charge in [0, 0.05) is 70.3 Å².